The monoisotopic (exact) mass is 490 g/mol. The van der Waals surface area contributed by atoms with Crippen LogP contribution in [0.3, 0.4) is 0 Å². The van der Waals surface area contributed by atoms with E-state index < -0.39 is 0 Å². The lowest BCUT2D eigenvalue weighted by molar-refractivity contribution is 0.0203. The van der Waals surface area contributed by atoms with Crippen LogP contribution < -0.4 is 16.0 Å². The van der Waals surface area contributed by atoms with Crippen LogP contribution in [0.25, 0.3) is 0 Å². The average molecular weight is 490 g/mol. The fraction of sp³-hybridized carbons (Fsp3) is 0.650. The van der Waals surface area contributed by atoms with Gasteiger partial charge in [-0.05, 0) is 43.7 Å². The number of anilines is 1. The zero-order valence-corrected chi connectivity index (χ0v) is 18.7. The minimum absolute atomic E-state index is 0. The topological polar surface area (TPSA) is 66.9 Å². The number of ether oxygens (including phenoxy) is 2. The highest BCUT2D eigenvalue weighted by atomic mass is 127. The van der Waals surface area contributed by atoms with Crippen LogP contribution in [-0.2, 0) is 9.47 Å². The van der Waals surface area contributed by atoms with Gasteiger partial charge in [-0.1, -0.05) is 18.2 Å². The molecule has 0 aromatic heterocycles. The van der Waals surface area contributed by atoms with Gasteiger partial charge in [0.2, 0.25) is 0 Å². The van der Waals surface area contributed by atoms with Gasteiger partial charge < -0.3 is 25.4 Å². The maximum Gasteiger partial charge on any atom is 0.190 e. The summed E-state index contributed by atoms with van der Waals surface area (Å²) < 4.78 is 11.1. The number of nitrogens with one attached hydrogen (secondary N) is 3. The highest BCUT2D eigenvalue weighted by Crippen LogP contribution is 2.14. The van der Waals surface area contributed by atoms with Gasteiger partial charge in [-0.3, -0.25) is 4.99 Å². The minimum Gasteiger partial charge on any atom is -0.385 e. The SMILES string of the molecule is CN=C(NCCCNc1ccccc1)NCCCOCC1CCOCC1.I. The summed E-state index contributed by atoms with van der Waals surface area (Å²) in [6.07, 6.45) is 4.28. The number of para-hydroxylation sites is 1. The summed E-state index contributed by atoms with van der Waals surface area (Å²) in [5, 5.41) is 10.1. The first-order valence-electron chi connectivity index (χ1n) is 9.77. The van der Waals surface area contributed by atoms with E-state index in [9.17, 15) is 0 Å². The Hall–Kier alpha value is -1.06. The Morgan fingerprint density at radius 3 is 2.48 bits per heavy atom. The number of guanidine groups is 1. The van der Waals surface area contributed by atoms with Gasteiger partial charge in [-0.15, -0.1) is 24.0 Å². The van der Waals surface area contributed by atoms with Crippen LogP contribution in [0, 0.1) is 5.92 Å². The van der Waals surface area contributed by atoms with Gasteiger partial charge in [-0.2, -0.15) is 0 Å². The Kier molecular flexibility index (Phi) is 14.2. The van der Waals surface area contributed by atoms with Crippen LogP contribution in [0.4, 0.5) is 5.69 Å². The Morgan fingerprint density at radius 2 is 1.78 bits per heavy atom. The first kappa shape index (κ1) is 24.0. The standard InChI is InChI=1S/C20H34N4O2.HI/c1-21-20(23-12-5-11-22-19-7-3-2-4-8-19)24-13-6-14-26-17-18-9-15-25-16-10-18;/h2-4,7-8,18,22H,5-6,9-17H2,1H3,(H2,21,23,24);1H. The minimum atomic E-state index is 0. The third kappa shape index (κ3) is 11.4. The first-order valence-corrected chi connectivity index (χ1v) is 9.77. The van der Waals surface area contributed by atoms with Gasteiger partial charge in [-0.25, -0.2) is 0 Å². The summed E-state index contributed by atoms with van der Waals surface area (Å²) in [6.45, 7) is 6.13. The van der Waals surface area contributed by atoms with Crippen LogP contribution >= 0.6 is 24.0 Å². The van der Waals surface area contributed by atoms with Gasteiger partial charge in [0.25, 0.3) is 0 Å². The van der Waals surface area contributed by atoms with Crippen LogP contribution in [0.5, 0.6) is 0 Å². The molecule has 0 radical (unpaired) electrons. The molecule has 27 heavy (non-hydrogen) atoms. The van der Waals surface area contributed by atoms with E-state index in [1.54, 1.807) is 7.05 Å². The van der Waals surface area contributed by atoms with Gasteiger partial charge in [0, 0.05) is 58.8 Å². The summed E-state index contributed by atoms with van der Waals surface area (Å²) in [6, 6.07) is 10.3. The molecule has 2 rings (SSSR count). The van der Waals surface area contributed by atoms with Crippen molar-refractivity contribution in [3.63, 3.8) is 0 Å². The molecule has 3 N–H and O–H groups in total. The molecule has 1 heterocycles. The molecule has 1 aromatic carbocycles. The van der Waals surface area contributed by atoms with E-state index in [1.165, 1.54) is 0 Å². The van der Waals surface area contributed by atoms with E-state index in [2.05, 4.69) is 33.1 Å². The average Bonchev–Trinajstić information content (AvgIpc) is 2.70. The number of hydrogen-bond acceptors (Lipinski definition) is 4. The Balaban J connectivity index is 0.00000364. The zero-order chi connectivity index (χ0) is 18.3. The lowest BCUT2D eigenvalue weighted by Crippen LogP contribution is -2.38. The lowest BCUT2D eigenvalue weighted by Gasteiger charge is -2.21. The van der Waals surface area contributed by atoms with Crippen LogP contribution in [-0.4, -0.2) is 59.1 Å². The van der Waals surface area contributed by atoms with Crippen LogP contribution in [0.1, 0.15) is 25.7 Å². The molecule has 0 bridgehead atoms. The number of nitrogens with zero attached hydrogens (tertiary/aromatic N) is 1. The summed E-state index contributed by atoms with van der Waals surface area (Å²) >= 11 is 0. The Bertz CT molecular complexity index is 496. The number of benzene rings is 1. The highest BCUT2D eigenvalue weighted by Gasteiger charge is 2.13. The third-order valence-electron chi connectivity index (χ3n) is 4.42. The van der Waals surface area contributed by atoms with Gasteiger partial charge >= 0.3 is 0 Å². The van der Waals surface area contributed by atoms with E-state index in [4.69, 9.17) is 9.47 Å². The second kappa shape index (κ2) is 15.9. The maximum atomic E-state index is 5.78. The molecule has 1 aliphatic rings. The number of rotatable bonds is 11. The van der Waals surface area contributed by atoms with Crippen molar-refractivity contribution in [1.82, 2.24) is 10.6 Å². The van der Waals surface area contributed by atoms with E-state index in [0.29, 0.717) is 5.92 Å². The number of hydrogen-bond donors (Lipinski definition) is 3. The van der Waals surface area contributed by atoms with E-state index in [1.807, 2.05) is 18.2 Å². The maximum absolute atomic E-state index is 5.78. The molecule has 1 aromatic rings. The fourth-order valence-corrected chi connectivity index (χ4v) is 2.85. The molecule has 0 aliphatic carbocycles. The van der Waals surface area contributed by atoms with Crippen molar-refractivity contribution >= 4 is 35.6 Å². The van der Waals surface area contributed by atoms with E-state index in [0.717, 1.165) is 83.4 Å². The molecule has 0 unspecified atom stereocenters. The summed E-state index contributed by atoms with van der Waals surface area (Å²) in [5.74, 6) is 1.53. The molecular weight excluding hydrogens is 455 g/mol. The van der Waals surface area contributed by atoms with Crippen molar-refractivity contribution in [2.24, 2.45) is 10.9 Å². The summed E-state index contributed by atoms with van der Waals surface area (Å²) in [5.41, 5.74) is 1.16. The van der Waals surface area contributed by atoms with Crippen molar-refractivity contribution in [3.8, 4) is 0 Å². The highest BCUT2D eigenvalue weighted by molar-refractivity contribution is 14.0. The first-order chi connectivity index (χ1) is 12.9. The van der Waals surface area contributed by atoms with Gasteiger partial charge in [0.1, 0.15) is 0 Å². The molecule has 0 amide bonds. The molecule has 7 heteroatoms. The molecule has 1 saturated heterocycles. The summed E-state index contributed by atoms with van der Waals surface area (Å²) in [7, 11) is 1.80. The van der Waals surface area contributed by atoms with E-state index >= 15 is 0 Å². The fourth-order valence-electron chi connectivity index (χ4n) is 2.85. The van der Waals surface area contributed by atoms with Crippen LogP contribution in [0.2, 0.25) is 0 Å². The quantitative estimate of drug-likeness (QED) is 0.193. The van der Waals surface area contributed by atoms with Crippen molar-refractivity contribution in [2.75, 3.05) is 58.4 Å². The molecule has 0 spiro atoms. The molecule has 1 aliphatic heterocycles. The molecule has 0 saturated carbocycles. The Labute approximate surface area is 180 Å². The van der Waals surface area contributed by atoms with Crippen molar-refractivity contribution in [2.45, 2.75) is 25.7 Å². The van der Waals surface area contributed by atoms with Crippen LogP contribution in [0.15, 0.2) is 35.3 Å². The molecule has 0 atom stereocenters. The Morgan fingerprint density at radius 1 is 1.07 bits per heavy atom. The molecule has 6 nitrogen and oxygen atoms in total. The number of aliphatic imine (C=N–C) groups is 1. The smallest absolute Gasteiger partial charge is 0.190 e. The number of halogens is 1. The molecule has 154 valence electrons. The largest absolute Gasteiger partial charge is 0.385 e. The van der Waals surface area contributed by atoms with Crippen molar-refractivity contribution in [3.05, 3.63) is 30.3 Å². The lowest BCUT2D eigenvalue weighted by atomic mass is 10.0. The molecule has 1 fully saturated rings. The second-order valence-electron chi connectivity index (χ2n) is 6.56. The van der Waals surface area contributed by atoms with Gasteiger partial charge in [0.05, 0.1) is 0 Å². The predicted molar refractivity (Wildman–Crippen MR) is 123 cm³/mol. The van der Waals surface area contributed by atoms with Crippen molar-refractivity contribution < 1.29 is 9.47 Å². The second-order valence-corrected chi connectivity index (χ2v) is 6.56. The molecular formula is C20H35IN4O2. The third-order valence-corrected chi connectivity index (χ3v) is 4.42. The summed E-state index contributed by atoms with van der Waals surface area (Å²) in [4.78, 5) is 4.25. The zero-order valence-electron chi connectivity index (χ0n) is 16.4. The van der Waals surface area contributed by atoms with Gasteiger partial charge in [0.15, 0.2) is 5.96 Å². The van der Waals surface area contributed by atoms with E-state index in [-0.39, 0.29) is 24.0 Å². The van der Waals surface area contributed by atoms with Crippen molar-refractivity contribution in [1.29, 1.82) is 0 Å². The normalized spacial score (nSPS) is 15.1. The predicted octanol–water partition coefficient (Wildman–Crippen LogP) is 3.10.